The zero-order chi connectivity index (χ0) is 13.2. The summed E-state index contributed by atoms with van der Waals surface area (Å²) in [5, 5.41) is 28.3. The standard InChI is InChI=1S/C15H12N2O2/c18-15(19)14-12-9-5-4-8-11(12)13(16-17-14)10-6-2-1-3-7-10/h1-9,15,18-19H. The molecule has 1 heterocycles. The molecule has 0 aliphatic heterocycles. The van der Waals surface area contributed by atoms with Crippen LogP contribution in [0.1, 0.15) is 12.0 Å². The van der Waals surface area contributed by atoms with Gasteiger partial charge < -0.3 is 10.2 Å². The van der Waals surface area contributed by atoms with Gasteiger partial charge in [-0.3, -0.25) is 0 Å². The van der Waals surface area contributed by atoms with E-state index in [-0.39, 0.29) is 5.69 Å². The van der Waals surface area contributed by atoms with Crippen LogP contribution in [0.4, 0.5) is 0 Å². The number of aromatic nitrogens is 2. The molecule has 4 heteroatoms. The highest BCUT2D eigenvalue weighted by molar-refractivity contribution is 5.95. The quantitative estimate of drug-likeness (QED) is 0.687. The van der Waals surface area contributed by atoms with Crippen molar-refractivity contribution in [1.82, 2.24) is 10.2 Å². The predicted octanol–water partition coefficient (Wildman–Crippen LogP) is 2.28. The Morgan fingerprint density at radius 1 is 0.737 bits per heavy atom. The molecule has 0 saturated heterocycles. The van der Waals surface area contributed by atoms with Gasteiger partial charge in [0, 0.05) is 16.3 Å². The molecule has 0 unspecified atom stereocenters. The van der Waals surface area contributed by atoms with Crippen molar-refractivity contribution in [2.45, 2.75) is 6.29 Å². The van der Waals surface area contributed by atoms with Gasteiger partial charge >= 0.3 is 0 Å². The molecule has 4 nitrogen and oxygen atoms in total. The normalized spacial score (nSPS) is 11.1. The van der Waals surface area contributed by atoms with Crippen LogP contribution in [0, 0.1) is 0 Å². The molecule has 94 valence electrons. The summed E-state index contributed by atoms with van der Waals surface area (Å²) >= 11 is 0. The first-order valence-electron chi connectivity index (χ1n) is 5.94. The molecule has 2 aromatic carbocycles. The van der Waals surface area contributed by atoms with Gasteiger partial charge in [0.05, 0.1) is 0 Å². The summed E-state index contributed by atoms with van der Waals surface area (Å²) in [4.78, 5) is 0. The summed E-state index contributed by atoms with van der Waals surface area (Å²) in [6, 6.07) is 17.1. The van der Waals surface area contributed by atoms with Gasteiger partial charge in [-0.05, 0) is 0 Å². The van der Waals surface area contributed by atoms with Gasteiger partial charge in [-0.1, -0.05) is 54.6 Å². The van der Waals surface area contributed by atoms with Crippen LogP contribution in [0.2, 0.25) is 0 Å². The number of fused-ring (bicyclic) bond motifs is 1. The molecule has 0 radical (unpaired) electrons. The van der Waals surface area contributed by atoms with E-state index in [0.29, 0.717) is 5.39 Å². The first-order valence-corrected chi connectivity index (χ1v) is 5.94. The topological polar surface area (TPSA) is 66.2 Å². The zero-order valence-corrected chi connectivity index (χ0v) is 10.1. The van der Waals surface area contributed by atoms with E-state index in [1.165, 1.54) is 0 Å². The lowest BCUT2D eigenvalue weighted by Gasteiger charge is -2.10. The van der Waals surface area contributed by atoms with Gasteiger partial charge in [0.15, 0.2) is 6.29 Å². The third-order valence-electron chi connectivity index (χ3n) is 3.01. The molecular formula is C15H12N2O2. The summed E-state index contributed by atoms with van der Waals surface area (Å²) in [6.45, 7) is 0. The lowest BCUT2D eigenvalue weighted by Crippen LogP contribution is -2.03. The van der Waals surface area contributed by atoms with Crippen molar-refractivity contribution in [2.75, 3.05) is 0 Å². The van der Waals surface area contributed by atoms with Crippen molar-refractivity contribution in [1.29, 1.82) is 0 Å². The van der Waals surface area contributed by atoms with Crippen molar-refractivity contribution in [3.63, 3.8) is 0 Å². The Bertz CT molecular complexity index is 712. The van der Waals surface area contributed by atoms with E-state index in [4.69, 9.17) is 0 Å². The number of benzene rings is 2. The lowest BCUT2D eigenvalue weighted by molar-refractivity contribution is -0.0451. The van der Waals surface area contributed by atoms with Crippen LogP contribution in [0.5, 0.6) is 0 Å². The highest BCUT2D eigenvalue weighted by atomic mass is 16.5. The second-order valence-corrected chi connectivity index (χ2v) is 4.22. The monoisotopic (exact) mass is 252 g/mol. The molecular weight excluding hydrogens is 240 g/mol. The van der Waals surface area contributed by atoms with Crippen molar-refractivity contribution in [2.24, 2.45) is 0 Å². The van der Waals surface area contributed by atoms with Crippen LogP contribution in [-0.4, -0.2) is 20.4 Å². The van der Waals surface area contributed by atoms with E-state index in [0.717, 1.165) is 16.6 Å². The Labute approximate surface area is 110 Å². The Morgan fingerprint density at radius 2 is 1.37 bits per heavy atom. The second kappa shape index (κ2) is 4.76. The first kappa shape index (κ1) is 11.8. The fourth-order valence-corrected chi connectivity index (χ4v) is 2.12. The van der Waals surface area contributed by atoms with Gasteiger partial charge in [0.2, 0.25) is 0 Å². The Kier molecular flexibility index (Phi) is 2.95. The van der Waals surface area contributed by atoms with Crippen LogP contribution >= 0.6 is 0 Å². The van der Waals surface area contributed by atoms with E-state index in [9.17, 15) is 10.2 Å². The summed E-state index contributed by atoms with van der Waals surface area (Å²) in [7, 11) is 0. The minimum absolute atomic E-state index is 0.176. The van der Waals surface area contributed by atoms with E-state index in [1.54, 1.807) is 0 Å². The maximum absolute atomic E-state index is 9.34. The maximum atomic E-state index is 9.34. The van der Waals surface area contributed by atoms with Gasteiger partial charge in [-0.2, -0.15) is 0 Å². The number of rotatable bonds is 2. The third kappa shape index (κ3) is 2.07. The first-order chi connectivity index (χ1) is 9.27. The van der Waals surface area contributed by atoms with E-state index in [1.807, 2.05) is 54.6 Å². The summed E-state index contributed by atoms with van der Waals surface area (Å²) in [5.41, 5.74) is 1.86. The molecule has 1 aromatic heterocycles. The molecule has 2 N–H and O–H groups in total. The van der Waals surface area contributed by atoms with Crippen molar-refractivity contribution in [3.05, 3.63) is 60.3 Å². The number of hydrogen-bond acceptors (Lipinski definition) is 4. The highest BCUT2D eigenvalue weighted by Crippen LogP contribution is 2.28. The van der Waals surface area contributed by atoms with E-state index < -0.39 is 6.29 Å². The van der Waals surface area contributed by atoms with E-state index in [2.05, 4.69) is 10.2 Å². The van der Waals surface area contributed by atoms with Crippen molar-refractivity contribution in [3.8, 4) is 11.3 Å². The van der Waals surface area contributed by atoms with Gasteiger partial charge in [0.1, 0.15) is 11.4 Å². The Balaban J connectivity index is 2.31. The minimum atomic E-state index is -1.62. The SMILES string of the molecule is OC(O)c1nnc(-c2ccccc2)c2ccccc12. The molecule has 0 aliphatic rings. The molecule has 3 rings (SSSR count). The van der Waals surface area contributed by atoms with Crippen molar-refractivity contribution >= 4 is 10.8 Å². The number of aliphatic hydroxyl groups excluding tert-OH is 1. The van der Waals surface area contributed by atoms with Crippen LogP contribution < -0.4 is 0 Å². The largest absolute Gasteiger partial charge is 0.363 e. The Hall–Kier alpha value is -2.30. The molecule has 3 aromatic rings. The molecule has 0 aliphatic carbocycles. The summed E-state index contributed by atoms with van der Waals surface area (Å²) in [6.07, 6.45) is -1.62. The van der Waals surface area contributed by atoms with Gasteiger partial charge in [-0.15, -0.1) is 10.2 Å². The lowest BCUT2D eigenvalue weighted by atomic mass is 10.0. The van der Waals surface area contributed by atoms with Crippen LogP contribution in [0.25, 0.3) is 22.0 Å². The van der Waals surface area contributed by atoms with Crippen molar-refractivity contribution < 1.29 is 10.2 Å². The molecule has 0 amide bonds. The Morgan fingerprint density at radius 3 is 2.05 bits per heavy atom. The molecule has 0 atom stereocenters. The predicted molar refractivity (Wildman–Crippen MR) is 72.2 cm³/mol. The van der Waals surface area contributed by atoms with Gasteiger partial charge in [-0.25, -0.2) is 0 Å². The number of nitrogens with zero attached hydrogens (tertiary/aromatic N) is 2. The molecule has 0 saturated carbocycles. The van der Waals surface area contributed by atoms with Gasteiger partial charge in [0.25, 0.3) is 0 Å². The third-order valence-corrected chi connectivity index (χ3v) is 3.01. The fraction of sp³-hybridized carbons (Fsp3) is 0.0667. The molecule has 19 heavy (non-hydrogen) atoms. The van der Waals surface area contributed by atoms with E-state index >= 15 is 0 Å². The molecule has 0 bridgehead atoms. The van der Waals surface area contributed by atoms with Crippen LogP contribution in [-0.2, 0) is 0 Å². The molecule has 0 fully saturated rings. The maximum Gasteiger partial charge on any atom is 0.198 e. The smallest absolute Gasteiger partial charge is 0.198 e. The van der Waals surface area contributed by atoms with Crippen LogP contribution in [0.15, 0.2) is 54.6 Å². The fourth-order valence-electron chi connectivity index (χ4n) is 2.12. The average Bonchev–Trinajstić information content (AvgIpc) is 2.47. The second-order valence-electron chi connectivity index (χ2n) is 4.22. The number of hydrogen-bond donors (Lipinski definition) is 2. The minimum Gasteiger partial charge on any atom is -0.363 e. The average molecular weight is 252 g/mol. The number of aliphatic hydroxyl groups is 2. The highest BCUT2D eigenvalue weighted by Gasteiger charge is 2.14. The summed E-state index contributed by atoms with van der Waals surface area (Å²) in [5.74, 6) is 0. The molecule has 0 spiro atoms. The summed E-state index contributed by atoms with van der Waals surface area (Å²) < 4.78 is 0. The van der Waals surface area contributed by atoms with Crippen LogP contribution in [0.3, 0.4) is 0 Å². The zero-order valence-electron chi connectivity index (χ0n) is 10.1.